The van der Waals surface area contributed by atoms with E-state index in [0.29, 0.717) is 22.2 Å². The van der Waals surface area contributed by atoms with Crippen molar-refractivity contribution in [3.8, 4) is 0 Å². The Balaban J connectivity index is 2.63. The Labute approximate surface area is 156 Å². The fourth-order valence-electron chi connectivity index (χ4n) is 1.36. The van der Waals surface area contributed by atoms with E-state index >= 15 is 0 Å². The summed E-state index contributed by atoms with van der Waals surface area (Å²) in [6.07, 6.45) is 0. The second kappa shape index (κ2) is 9.36. The number of benzene rings is 1. The molecule has 0 aliphatic rings. The SMILES string of the molecule is CNC(=S)N/N=C(C)/C(C)=N\NC(=S)Nc1ccc(S(=O)(=O)O)cc1. The molecule has 0 spiro atoms. The Morgan fingerprint density at radius 1 is 1.00 bits per heavy atom. The third-order valence-electron chi connectivity index (χ3n) is 2.81. The van der Waals surface area contributed by atoms with Crippen molar-refractivity contribution in [3.05, 3.63) is 24.3 Å². The standard InChI is InChI=1S/C13H18N6O3S3/c1-8(16-18-12(23)14-3)9(2)17-19-13(24)15-10-4-6-11(7-5-10)25(20,21)22/h4-7H,1-3H3,(H2,14,18,23)(H2,15,19,24)(H,20,21,22)/b16-8+,17-9-. The van der Waals surface area contributed by atoms with Gasteiger partial charge < -0.3 is 10.6 Å². The molecule has 0 unspecified atom stereocenters. The van der Waals surface area contributed by atoms with Gasteiger partial charge in [0.15, 0.2) is 10.2 Å². The lowest BCUT2D eigenvalue weighted by Crippen LogP contribution is -2.30. The minimum Gasteiger partial charge on any atom is -0.364 e. The zero-order chi connectivity index (χ0) is 19.0. The fraction of sp³-hybridized carbons (Fsp3) is 0.231. The molecule has 1 aromatic carbocycles. The molecule has 25 heavy (non-hydrogen) atoms. The Hall–Kier alpha value is -2.15. The molecule has 0 heterocycles. The van der Waals surface area contributed by atoms with Crippen molar-refractivity contribution < 1.29 is 13.0 Å². The van der Waals surface area contributed by atoms with Gasteiger partial charge in [-0.1, -0.05) is 0 Å². The van der Waals surface area contributed by atoms with Crippen LogP contribution >= 0.6 is 24.4 Å². The number of nitrogens with zero attached hydrogens (tertiary/aromatic N) is 2. The van der Waals surface area contributed by atoms with E-state index in [1.54, 1.807) is 20.9 Å². The number of nitrogens with one attached hydrogen (secondary N) is 4. The number of hydrazone groups is 2. The molecule has 1 rings (SSSR count). The number of thiocarbonyl (C=S) groups is 2. The molecule has 0 saturated carbocycles. The van der Waals surface area contributed by atoms with Crippen molar-refractivity contribution in [1.82, 2.24) is 16.2 Å². The van der Waals surface area contributed by atoms with E-state index in [2.05, 4.69) is 31.7 Å². The quantitative estimate of drug-likeness (QED) is 0.213. The van der Waals surface area contributed by atoms with E-state index in [1.807, 2.05) is 0 Å². The van der Waals surface area contributed by atoms with Gasteiger partial charge in [0.1, 0.15) is 0 Å². The van der Waals surface area contributed by atoms with Crippen molar-refractivity contribution in [2.24, 2.45) is 10.2 Å². The highest BCUT2D eigenvalue weighted by Gasteiger charge is 2.08. The van der Waals surface area contributed by atoms with Gasteiger partial charge in [-0.05, 0) is 62.5 Å². The van der Waals surface area contributed by atoms with Gasteiger partial charge in [0.2, 0.25) is 0 Å². The van der Waals surface area contributed by atoms with E-state index in [0.717, 1.165) is 0 Å². The number of anilines is 1. The first-order valence-corrected chi connectivity index (χ1v) is 9.10. The van der Waals surface area contributed by atoms with Gasteiger partial charge in [0.05, 0.1) is 16.3 Å². The van der Waals surface area contributed by atoms with Crippen LogP contribution in [0.25, 0.3) is 0 Å². The predicted molar refractivity (Wildman–Crippen MR) is 107 cm³/mol. The van der Waals surface area contributed by atoms with Crippen LogP contribution in [-0.2, 0) is 10.1 Å². The van der Waals surface area contributed by atoms with Crippen LogP contribution in [0.5, 0.6) is 0 Å². The first kappa shape index (κ1) is 20.9. The second-order valence-corrected chi connectivity index (χ2v) is 6.89. The summed E-state index contributed by atoms with van der Waals surface area (Å²) in [6, 6.07) is 5.43. The predicted octanol–water partition coefficient (Wildman–Crippen LogP) is 1.07. The monoisotopic (exact) mass is 402 g/mol. The van der Waals surface area contributed by atoms with Crippen LogP contribution in [0.3, 0.4) is 0 Å². The van der Waals surface area contributed by atoms with E-state index < -0.39 is 10.1 Å². The third-order valence-corrected chi connectivity index (χ3v) is 4.17. The number of rotatable bonds is 5. The van der Waals surface area contributed by atoms with Gasteiger partial charge in [0, 0.05) is 12.7 Å². The summed E-state index contributed by atoms with van der Waals surface area (Å²) < 4.78 is 30.9. The molecule has 0 radical (unpaired) electrons. The van der Waals surface area contributed by atoms with Gasteiger partial charge in [0.25, 0.3) is 10.1 Å². The molecule has 0 saturated heterocycles. The average molecular weight is 403 g/mol. The molecule has 12 heteroatoms. The molecule has 0 bridgehead atoms. The molecule has 0 amide bonds. The summed E-state index contributed by atoms with van der Waals surface area (Å²) in [5, 5.41) is 14.2. The Morgan fingerprint density at radius 2 is 1.48 bits per heavy atom. The van der Waals surface area contributed by atoms with Crippen molar-refractivity contribution in [1.29, 1.82) is 0 Å². The molecule has 136 valence electrons. The lowest BCUT2D eigenvalue weighted by atomic mass is 10.3. The van der Waals surface area contributed by atoms with E-state index in [-0.39, 0.29) is 10.0 Å². The van der Waals surface area contributed by atoms with E-state index in [4.69, 9.17) is 29.0 Å². The Kier molecular flexibility index (Phi) is 7.83. The zero-order valence-corrected chi connectivity index (χ0v) is 16.1. The van der Waals surface area contributed by atoms with Crippen LogP contribution in [0.4, 0.5) is 5.69 Å². The molecule has 1 aromatic rings. The highest BCUT2D eigenvalue weighted by atomic mass is 32.2. The highest BCUT2D eigenvalue weighted by molar-refractivity contribution is 7.85. The highest BCUT2D eigenvalue weighted by Crippen LogP contribution is 2.13. The molecular formula is C13H18N6O3S3. The van der Waals surface area contributed by atoms with Crippen molar-refractivity contribution in [2.75, 3.05) is 12.4 Å². The summed E-state index contributed by atoms with van der Waals surface area (Å²) in [5.41, 5.74) is 7.00. The Bertz CT molecular complexity index is 803. The molecule has 0 aliphatic heterocycles. The zero-order valence-electron chi connectivity index (χ0n) is 13.7. The van der Waals surface area contributed by atoms with Gasteiger partial charge >= 0.3 is 0 Å². The largest absolute Gasteiger partial charge is 0.364 e. The topological polar surface area (TPSA) is 127 Å². The molecule has 9 nitrogen and oxygen atoms in total. The first-order chi connectivity index (χ1) is 11.6. The second-order valence-electron chi connectivity index (χ2n) is 4.65. The smallest absolute Gasteiger partial charge is 0.294 e. The maximum absolute atomic E-state index is 11.0. The fourth-order valence-corrected chi connectivity index (χ4v) is 2.05. The van der Waals surface area contributed by atoms with Crippen LogP contribution in [0.2, 0.25) is 0 Å². The molecule has 0 fully saturated rings. The molecule has 5 N–H and O–H groups in total. The van der Waals surface area contributed by atoms with Crippen LogP contribution in [-0.4, -0.2) is 41.7 Å². The summed E-state index contributed by atoms with van der Waals surface area (Å²) in [4.78, 5) is -0.204. The summed E-state index contributed by atoms with van der Waals surface area (Å²) in [6.45, 7) is 3.48. The van der Waals surface area contributed by atoms with Crippen molar-refractivity contribution in [3.63, 3.8) is 0 Å². The lowest BCUT2D eigenvalue weighted by Gasteiger charge is -2.08. The maximum Gasteiger partial charge on any atom is 0.294 e. The summed E-state index contributed by atoms with van der Waals surface area (Å²) in [5.74, 6) is 0. The minimum absolute atomic E-state index is 0.200. The molecule has 0 atom stereocenters. The van der Waals surface area contributed by atoms with Crippen molar-refractivity contribution >= 4 is 61.9 Å². The molecule has 0 aromatic heterocycles. The number of hydrogen-bond acceptors (Lipinski definition) is 6. The average Bonchev–Trinajstić information content (AvgIpc) is 2.56. The van der Waals surface area contributed by atoms with Gasteiger partial charge in [-0.25, -0.2) is 0 Å². The van der Waals surface area contributed by atoms with Gasteiger partial charge in [-0.3, -0.25) is 15.4 Å². The third kappa shape index (κ3) is 7.51. The summed E-state index contributed by atoms with van der Waals surface area (Å²) in [7, 11) is -2.55. The lowest BCUT2D eigenvalue weighted by molar-refractivity contribution is 0.483. The molecular weight excluding hydrogens is 384 g/mol. The Morgan fingerprint density at radius 3 is 1.92 bits per heavy atom. The normalized spacial score (nSPS) is 12.3. The van der Waals surface area contributed by atoms with Crippen LogP contribution in [0.1, 0.15) is 13.8 Å². The van der Waals surface area contributed by atoms with E-state index in [1.165, 1.54) is 24.3 Å². The van der Waals surface area contributed by atoms with Gasteiger partial charge in [-0.2, -0.15) is 18.6 Å². The van der Waals surface area contributed by atoms with Crippen LogP contribution in [0.15, 0.2) is 39.4 Å². The first-order valence-electron chi connectivity index (χ1n) is 6.84. The number of hydrogen-bond donors (Lipinski definition) is 5. The minimum atomic E-state index is -4.22. The summed E-state index contributed by atoms with van der Waals surface area (Å²) >= 11 is 9.99. The van der Waals surface area contributed by atoms with Gasteiger partial charge in [-0.15, -0.1) is 0 Å². The molecule has 0 aliphatic carbocycles. The van der Waals surface area contributed by atoms with Crippen LogP contribution in [0, 0.1) is 0 Å². The maximum atomic E-state index is 11.0. The van der Waals surface area contributed by atoms with Crippen LogP contribution < -0.4 is 21.5 Å². The van der Waals surface area contributed by atoms with Crippen molar-refractivity contribution in [2.45, 2.75) is 18.7 Å². The van der Waals surface area contributed by atoms with E-state index in [9.17, 15) is 8.42 Å².